The van der Waals surface area contributed by atoms with Gasteiger partial charge in [-0.05, 0) is 31.6 Å². The Hall–Kier alpha value is -1.14. The lowest BCUT2D eigenvalue weighted by atomic mass is 10.0. The van der Waals surface area contributed by atoms with Gasteiger partial charge in [-0.15, -0.1) is 0 Å². The second-order valence-corrected chi connectivity index (χ2v) is 6.79. The molecule has 1 N–H and O–H groups in total. The fourth-order valence-corrected chi connectivity index (χ4v) is 3.67. The average Bonchev–Trinajstić information content (AvgIpc) is 3.14. The number of hydrogen-bond acceptors (Lipinski definition) is 4. The van der Waals surface area contributed by atoms with Crippen LogP contribution in [-0.4, -0.2) is 73.6 Å². The molecule has 0 aliphatic carbocycles. The van der Waals surface area contributed by atoms with Gasteiger partial charge in [0.1, 0.15) is 0 Å². The molecular formula is C16H27N3O3. The Balaban J connectivity index is 1.34. The minimum atomic E-state index is -0.00195. The first-order valence-corrected chi connectivity index (χ1v) is 8.58. The summed E-state index contributed by atoms with van der Waals surface area (Å²) in [5.74, 6) is 0.800. The third-order valence-corrected chi connectivity index (χ3v) is 5.00. The van der Waals surface area contributed by atoms with Crippen LogP contribution in [0.4, 0.5) is 0 Å². The van der Waals surface area contributed by atoms with Crippen LogP contribution in [0.2, 0.25) is 0 Å². The Morgan fingerprint density at radius 2 is 2.05 bits per heavy atom. The highest BCUT2D eigenvalue weighted by Crippen LogP contribution is 2.17. The van der Waals surface area contributed by atoms with E-state index in [0.29, 0.717) is 12.3 Å². The van der Waals surface area contributed by atoms with Gasteiger partial charge in [-0.1, -0.05) is 0 Å². The van der Waals surface area contributed by atoms with Gasteiger partial charge in [-0.25, -0.2) is 0 Å². The molecule has 1 atom stereocenters. The van der Waals surface area contributed by atoms with Crippen LogP contribution < -0.4 is 5.32 Å². The number of piperidine rings is 1. The van der Waals surface area contributed by atoms with Gasteiger partial charge < -0.3 is 19.9 Å². The zero-order valence-corrected chi connectivity index (χ0v) is 13.3. The summed E-state index contributed by atoms with van der Waals surface area (Å²) in [4.78, 5) is 27.7. The van der Waals surface area contributed by atoms with Crippen molar-refractivity contribution in [1.82, 2.24) is 15.1 Å². The third-order valence-electron chi connectivity index (χ3n) is 5.00. The van der Waals surface area contributed by atoms with Crippen molar-refractivity contribution >= 4 is 11.8 Å². The molecule has 0 aromatic rings. The van der Waals surface area contributed by atoms with Crippen molar-refractivity contribution in [2.75, 3.05) is 45.9 Å². The van der Waals surface area contributed by atoms with Crippen molar-refractivity contribution in [1.29, 1.82) is 0 Å². The van der Waals surface area contributed by atoms with Crippen molar-refractivity contribution < 1.29 is 14.3 Å². The van der Waals surface area contributed by atoms with Gasteiger partial charge in [0.2, 0.25) is 11.8 Å². The molecular weight excluding hydrogens is 282 g/mol. The number of amides is 2. The molecule has 0 aromatic heterocycles. The normalized spacial score (nSPS) is 27.5. The fourth-order valence-electron chi connectivity index (χ4n) is 3.67. The molecule has 3 heterocycles. The average molecular weight is 309 g/mol. The molecule has 124 valence electrons. The number of carbonyl (C=O) groups excluding carboxylic acids is 2. The number of ether oxygens (including phenoxy) is 1. The van der Waals surface area contributed by atoms with Gasteiger partial charge in [0, 0.05) is 45.2 Å². The van der Waals surface area contributed by atoms with E-state index in [9.17, 15) is 9.59 Å². The van der Waals surface area contributed by atoms with Crippen LogP contribution in [0.3, 0.4) is 0 Å². The molecule has 3 aliphatic rings. The van der Waals surface area contributed by atoms with Gasteiger partial charge in [-0.2, -0.15) is 0 Å². The first-order valence-electron chi connectivity index (χ1n) is 8.58. The lowest BCUT2D eigenvalue weighted by Crippen LogP contribution is -2.48. The standard InChI is InChI=1S/C16H27N3O3/c20-15(11-19-6-1-2-16(19)21)17-14-3-7-18(8-4-14)10-13-5-9-22-12-13/h13-14H,1-12H2,(H,17,20). The molecule has 0 aromatic carbocycles. The lowest BCUT2D eigenvalue weighted by molar-refractivity contribution is -0.133. The summed E-state index contributed by atoms with van der Waals surface area (Å²) >= 11 is 0. The highest BCUT2D eigenvalue weighted by Gasteiger charge is 2.26. The Morgan fingerprint density at radius 1 is 1.23 bits per heavy atom. The molecule has 6 heteroatoms. The quantitative estimate of drug-likeness (QED) is 0.789. The van der Waals surface area contributed by atoms with Gasteiger partial charge in [0.05, 0.1) is 13.2 Å². The van der Waals surface area contributed by atoms with E-state index >= 15 is 0 Å². The minimum Gasteiger partial charge on any atom is -0.381 e. The van der Waals surface area contributed by atoms with E-state index in [1.807, 2.05) is 0 Å². The lowest BCUT2D eigenvalue weighted by Gasteiger charge is -2.33. The summed E-state index contributed by atoms with van der Waals surface area (Å²) in [5.41, 5.74) is 0. The van der Waals surface area contributed by atoms with Gasteiger partial charge in [0.15, 0.2) is 0 Å². The molecule has 0 bridgehead atoms. The zero-order valence-electron chi connectivity index (χ0n) is 13.3. The first-order chi connectivity index (χ1) is 10.7. The SMILES string of the molecule is O=C(CN1CCCC1=O)NC1CCN(CC2CCOC2)CC1. The van der Waals surface area contributed by atoms with Crippen molar-refractivity contribution in [2.24, 2.45) is 5.92 Å². The van der Waals surface area contributed by atoms with E-state index in [1.165, 1.54) is 6.42 Å². The monoisotopic (exact) mass is 309 g/mol. The number of rotatable bonds is 5. The minimum absolute atomic E-state index is 0.00195. The van der Waals surface area contributed by atoms with Crippen LogP contribution in [-0.2, 0) is 14.3 Å². The largest absolute Gasteiger partial charge is 0.381 e. The third kappa shape index (κ3) is 4.20. The van der Waals surface area contributed by atoms with E-state index in [1.54, 1.807) is 4.90 Å². The van der Waals surface area contributed by atoms with Crippen molar-refractivity contribution in [3.63, 3.8) is 0 Å². The molecule has 1 unspecified atom stereocenters. The highest BCUT2D eigenvalue weighted by atomic mass is 16.5. The number of hydrogen-bond donors (Lipinski definition) is 1. The second-order valence-electron chi connectivity index (χ2n) is 6.79. The molecule has 3 aliphatic heterocycles. The van der Waals surface area contributed by atoms with Gasteiger partial charge in [0.25, 0.3) is 0 Å². The first kappa shape index (κ1) is 15.7. The maximum absolute atomic E-state index is 12.0. The molecule has 0 saturated carbocycles. The number of likely N-dealkylation sites (tertiary alicyclic amines) is 2. The zero-order chi connectivity index (χ0) is 15.4. The summed E-state index contributed by atoms with van der Waals surface area (Å²) in [6.07, 6.45) is 4.67. The highest BCUT2D eigenvalue weighted by molar-refractivity contribution is 5.85. The summed E-state index contributed by atoms with van der Waals surface area (Å²) in [6, 6.07) is 0.265. The van der Waals surface area contributed by atoms with Gasteiger partial charge >= 0.3 is 0 Å². The van der Waals surface area contributed by atoms with Crippen LogP contribution in [0.5, 0.6) is 0 Å². The smallest absolute Gasteiger partial charge is 0.239 e. The summed E-state index contributed by atoms with van der Waals surface area (Å²) in [7, 11) is 0. The Labute approximate surface area is 132 Å². The molecule has 3 saturated heterocycles. The van der Waals surface area contributed by atoms with Crippen LogP contribution >= 0.6 is 0 Å². The molecule has 3 rings (SSSR count). The van der Waals surface area contributed by atoms with Crippen LogP contribution in [0.25, 0.3) is 0 Å². The maximum Gasteiger partial charge on any atom is 0.239 e. The summed E-state index contributed by atoms with van der Waals surface area (Å²) < 4.78 is 5.43. The maximum atomic E-state index is 12.0. The molecule has 0 spiro atoms. The Bertz CT molecular complexity index is 401. The van der Waals surface area contributed by atoms with E-state index in [4.69, 9.17) is 4.74 Å². The Morgan fingerprint density at radius 3 is 2.68 bits per heavy atom. The van der Waals surface area contributed by atoms with Crippen molar-refractivity contribution in [3.8, 4) is 0 Å². The van der Waals surface area contributed by atoms with Crippen LogP contribution in [0.1, 0.15) is 32.1 Å². The summed E-state index contributed by atoms with van der Waals surface area (Å²) in [6.45, 7) is 6.00. The Kier molecular flexibility index (Phi) is 5.31. The van der Waals surface area contributed by atoms with E-state index in [0.717, 1.165) is 58.7 Å². The molecule has 2 amide bonds. The van der Waals surface area contributed by atoms with Crippen molar-refractivity contribution in [3.05, 3.63) is 0 Å². The molecule has 3 fully saturated rings. The van der Waals surface area contributed by atoms with Gasteiger partial charge in [-0.3, -0.25) is 9.59 Å². The number of carbonyl (C=O) groups is 2. The van der Waals surface area contributed by atoms with E-state index in [-0.39, 0.29) is 24.4 Å². The predicted octanol–water partition coefficient (Wildman–Crippen LogP) is 0.226. The topological polar surface area (TPSA) is 61.9 Å². The van der Waals surface area contributed by atoms with Crippen LogP contribution in [0.15, 0.2) is 0 Å². The molecule has 6 nitrogen and oxygen atoms in total. The summed E-state index contributed by atoms with van der Waals surface area (Å²) in [5, 5.41) is 3.10. The number of nitrogens with zero attached hydrogens (tertiary/aromatic N) is 2. The van der Waals surface area contributed by atoms with Crippen LogP contribution in [0, 0.1) is 5.92 Å². The van der Waals surface area contributed by atoms with E-state index in [2.05, 4.69) is 10.2 Å². The van der Waals surface area contributed by atoms with E-state index < -0.39 is 0 Å². The second kappa shape index (κ2) is 7.42. The predicted molar refractivity (Wildman–Crippen MR) is 82.3 cm³/mol. The molecule has 0 radical (unpaired) electrons. The molecule has 22 heavy (non-hydrogen) atoms. The van der Waals surface area contributed by atoms with Crippen molar-refractivity contribution in [2.45, 2.75) is 38.1 Å². The number of nitrogens with one attached hydrogen (secondary N) is 1. The fraction of sp³-hybridized carbons (Fsp3) is 0.875.